The molecule has 1 N–H and O–H groups in total. The highest BCUT2D eigenvalue weighted by Crippen LogP contribution is 2.35. The minimum atomic E-state index is -7.29. The van der Waals surface area contributed by atoms with Crippen molar-refractivity contribution in [3.05, 3.63) is 18.2 Å². The number of carbonyl (C=O) groups is 1. The molecule has 172 valence electrons. The maximum Gasteiger partial charge on any atom is 0.561 e. The highest BCUT2D eigenvalue weighted by Gasteiger charge is 2.72. The number of hydrogen-bond donors (Lipinski definition) is 1. The van der Waals surface area contributed by atoms with Crippen LogP contribution in [0.25, 0.3) is 0 Å². The number of aromatic nitrogens is 2. The van der Waals surface area contributed by atoms with Gasteiger partial charge in [0, 0.05) is 0 Å². The number of nitrogens with one attached hydrogen (secondary N) is 1. The highest BCUT2D eigenvalue weighted by atomic mass is 32.3. The van der Waals surface area contributed by atoms with Crippen LogP contribution in [-0.2, 0) is 46.8 Å². The Balaban J connectivity index is 4.40. The van der Waals surface area contributed by atoms with Crippen LogP contribution in [0.15, 0.2) is 12.4 Å². The van der Waals surface area contributed by atoms with Crippen LogP contribution >= 0.6 is 0 Å². The summed E-state index contributed by atoms with van der Waals surface area (Å²) in [5.41, 5.74) is -16.0. The van der Waals surface area contributed by atoms with Crippen molar-refractivity contribution in [2.75, 3.05) is 14.2 Å². The van der Waals surface area contributed by atoms with Crippen LogP contribution in [0.2, 0.25) is 0 Å². The van der Waals surface area contributed by atoms with Gasteiger partial charge in [-0.25, -0.2) is 9.55 Å². The Labute approximate surface area is 165 Å². The number of aromatic amines is 1. The second-order valence-electron chi connectivity index (χ2n) is 5.64. The molecule has 0 aliphatic heterocycles. The standard InChI is InChI=1S/C12H14F6N3O7S2/c1-10(9(22)28-4,7-19-5-6-20(7)2)8(27-3)21(29(23,24)11(13,14)15)30(25,26)12(16,17)18/h5-6H,1-4H3/q+1/p+1/t10-/m0/s1. The zero-order valence-corrected chi connectivity index (χ0v) is 17.1. The second kappa shape index (κ2) is 7.71. The molecule has 0 amide bonds. The van der Waals surface area contributed by atoms with Gasteiger partial charge >= 0.3 is 42.9 Å². The first kappa shape index (κ1) is 25.7. The van der Waals surface area contributed by atoms with Gasteiger partial charge in [-0.2, -0.15) is 43.2 Å². The summed E-state index contributed by atoms with van der Waals surface area (Å²) in [6.45, 7) is 0.605. The second-order valence-corrected chi connectivity index (χ2v) is 9.43. The molecule has 0 bridgehead atoms. The number of sulfonamides is 2. The Morgan fingerprint density at radius 1 is 1.00 bits per heavy atom. The molecule has 30 heavy (non-hydrogen) atoms. The average Bonchev–Trinajstić information content (AvgIpc) is 3.02. The minimum Gasteiger partial charge on any atom is -0.468 e. The number of alkyl halides is 6. The van der Waals surface area contributed by atoms with Crippen LogP contribution in [0.4, 0.5) is 26.3 Å². The molecule has 0 saturated carbocycles. The van der Waals surface area contributed by atoms with Gasteiger partial charge in [-0.3, -0.25) is 4.79 Å². The maximum absolute atomic E-state index is 13.1. The van der Waals surface area contributed by atoms with E-state index in [-0.39, 0.29) is 0 Å². The van der Waals surface area contributed by atoms with Crippen molar-refractivity contribution in [3.63, 3.8) is 0 Å². The fourth-order valence-electron chi connectivity index (χ4n) is 2.39. The molecule has 0 saturated heterocycles. The topological polar surface area (TPSA) is 126 Å². The molecular formula is C12H15F6N3O7S2+2. The zero-order chi connectivity index (χ0) is 23.9. The van der Waals surface area contributed by atoms with E-state index in [1.165, 1.54) is 7.05 Å². The molecule has 1 atom stereocenters. The predicted octanol–water partition coefficient (Wildman–Crippen LogP) is 0.0265. The lowest BCUT2D eigenvalue weighted by Gasteiger charge is -2.21. The van der Waals surface area contributed by atoms with Crippen molar-refractivity contribution in [1.29, 1.82) is 0 Å². The number of aryl methyl sites for hydroxylation is 1. The van der Waals surface area contributed by atoms with E-state index in [2.05, 4.69) is 14.5 Å². The molecule has 0 aromatic carbocycles. The molecule has 1 heterocycles. The summed E-state index contributed by atoms with van der Waals surface area (Å²) in [5.74, 6) is -4.26. The lowest BCUT2D eigenvalue weighted by molar-refractivity contribution is -0.679. The van der Waals surface area contributed by atoms with E-state index in [1.807, 2.05) is 0 Å². The highest BCUT2D eigenvalue weighted by molar-refractivity contribution is 7.98. The van der Waals surface area contributed by atoms with Crippen LogP contribution in [-0.4, -0.2) is 62.3 Å². The third-order valence-corrected chi connectivity index (χ3v) is 7.30. The summed E-state index contributed by atoms with van der Waals surface area (Å²) >= 11 is 0. The number of esters is 1. The SMILES string of the molecule is COC(=O)[C@](C)(C(OC)=[N+](S(=O)(=O)C(F)(F)F)S(=O)(=O)C(F)(F)F)c1[nH]cc[n+]1C. The van der Waals surface area contributed by atoms with Gasteiger partial charge in [-0.05, 0) is 6.92 Å². The normalized spacial score (nSPS) is 15.3. The van der Waals surface area contributed by atoms with E-state index >= 15 is 0 Å². The van der Waals surface area contributed by atoms with Gasteiger partial charge in [0.1, 0.15) is 12.4 Å². The first-order valence-electron chi connectivity index (χ1n) is 7.28. The van der Waals surface area contributed by atoms with Crippen LogP contribution in [0.1, 0.15) is 12.7 Å². The molecule has 0 fully saturated rings. The monoisotopic (exact) mass is 491 g/mol. The van der Waals surface area contributed by atoms with Crippen LogP contribution < -0.4 is 4.57 Å². The van der Waals surface area contributed by atoms with E-state index in [0.717, 1.165) is 17.0 Å². The van der Waals surface area contributed by atoms with Gasteiger partial charge in [0.2, 0.25) is 0 Å². The van der Waals surface area contributed by atoms with Crippen molar-refractivity contribution in [3.8, 4) is 0 Å². The van der Waals surface area contributed by atoms with Crippen LogP contribution in [0, 0.1) is 0 Å². The van der Waals surface area contributed by atoms with E-state index in [4.69, 9.17) is 0 Å². The van der Waals surface area contributed by atoms with Gasteiger partial charge in [-0.1, -0.05) is 0 Å². The van der Waals surface area contributed by atoms with Gasteiger partial charge in [-0.15, -0.1) is 0 Å². The number of rotatable bonds is 5. The van der Waals surface area contributed by atoms with Crippen LogP contribution in [0.3, 0.4) is 0 Å². The minimum absolute atomic E-state index is 0.379. The van der Waals surface area contributed by atoms with Crippen molar-refractivity contribution in [2.24, 2.45) is 7.05 Å². The number of nitrogens with zero attached hydrogens (tertiary/aromatic N) is 2. The van der Waals surface area contributed by atoms with Crippen molar-refractivity contribution < 1.29 is 65.4 Å². The molecule has 1 aromatic heterocycles. The Hall–Kier alpha value is -2.37. The number of ether oxygens (including phenoxy) is 2. The Bertz CT molecular complexity index is 1030. The van der Waals surface area contributed by atoms with E-state index in [0.29, 0.717) is 21.1 Å². The molecule has 0 aliphatic rings. The third-order valence-electron chi connectivity index (χ3n) is 3.75. The number of halogens is 6. The fraction of sp³-hybridized carbons (Fsp3) is 0.583. The van der Waals surface area contributed by atoms with Gasteiger partial charge in [0.25, 0.3) is 11.2 Å². The summed E-state index contributed by atoms with van der Waals surface area (Å²) in [4.78, 5) is 14.7. The number of methoxy groups -OCH3 is 2. The summed E-state index contributed by atoms with van der Waals surface area (Å²) in [5, 5.41) is 0. The Morgan fingerprint density at radius 3 is 1.70 bits per heavy atom. The maximum atomic E-state index is 13.1. The summed E-state index contributed by atoms with van der Waals surface area (Å²) < 4.78 is 134. The number of H-pyrrole nitrogens is 1. The number of hydrogen-bond acceptors (Lipinski definition) is 7. The molecule has 0 unspecified atom stereocenters. The summed E-state index contributed by atoms with van der Waals surface area (Å²) in [7, 11) is -12.3. The van der Waals surface area contributed by atoms with Crippen molar-refractivity contribution in [2.45, 2.75) is 23.4 Å². The number of carbonyl (C=O) groups excluding carboxylic acids is 1. The van der Waals surface area contributed by atoms with Crippen molar-refractivity contribution in [1.82, 2.24) is 4.98 Å². The quantitative estimate of drug-likeness (QED) is 0.202. The van der Waals surface area contributed by atoms with Gasteiger partial charge in [0.05, 0.1) is 24.7 Å². The molecule has 0 aliphatic carbocycles. The first-order chi connectivity index (χ1) is 13.3. The lowest BCUT2D eigenvalue weighted by Crippen LogP contribution is -2.57. The molecule has 10 nitrogen and oxygen atoms in total. The molecular weight excluding hydrogens is 476 g/mol. The third kappa shape index (κ3) is 3.84. The Morgan fingerprint density at radius 2 is 1.43 bits per heavy atom. The van der Waals surface area contributed by atoms with E-state index in [1.54, 1.807) is 0 Å². The Kier molecular flexibility index (Phi) is 6.60. The molecule has 0 spiro atoms. The molecule has 18 heteroatoms. The molecule has 1 rings (SSSR count). The fourth-order valence-corrected chi connectivity index (χ4v) is 5.25. The molecule has 0 radical (unpaired) electrons. The van der Waals surface area contributed by atoms with E-state index in [9.17, 15) is 48.0 Å². The largest absolute Gasteiger partial charge is 0.561 e. The van der Waals surface area contributed by atoms with Gasteiger partial charge < -0.3 is 9.47 Å². The first-order valence-corrected chi connectivity index (χ1v) is 10.2. The average molecular weight is 491 g/mol. The van der Waals surface area contributed by atoms with Gasteiger partial charge in [0.15, 0.2) is 0 Å². The van der Waals surface area contributed by atoms with Crippen LogP contribution in [0.5, 0.6) is 0 Å². The zero-order valence-electron chi connectivity index (χ0n) is 15.5. The van der Waals surface area contributed by atoms with E-state index < -0.39 is 57.6 Å². The summed E-state index contributed by atoms with van der Waals surface area (Å²) in [6.07, 6.45) is 2.22. The smallest absolute Gasteiger partial charge is 0.468 e. The summed E-state index contributed by atoms with van der Waals surface area (Å²) in [6, 6.07) is 0. The number of imidazole rings is 1. The van der Waals surface area contributed by atoms with Crippen molar-refractivity contribution >= 4 is 31.9 Å². The molecule has 1 aromatic rings. The predicted molar refractivity (Wildman–Crippen MR) is 83.6 cm³/mol. The lowest BCUT2D eigenvalue weighted by atomic mass is 9.89.